The van der Waals surface area contributed by atoms with E-state index in [2.05, 4.69) is 27.7 Å². The fraction of sp³-hybridized carbons (Fsp3) is 0.929. The van der Waals surface area contributed by atoms with Crippen LogP contribution in [0.3, 0.4) is 0 Å². The maximum absolute atomic E-state index is 11.0. The van der Waals surface area contributed by atoms with Crippen LogP contribution in [0.5, 0.6) is 0 Å². The third-order valence-electron chi connectivity index (χ3n) is 4.80. The average molecular weight is 457 g/mol. The zero-order valence-electron chi connectivity index (χ0n) is 23.5. The molecule has 4 heteroatoms. The van der Waals surface area contributed by atoms with Crippen molar-refractivity contribution in [2.75, 3.05) is 13.2 Å². The van der Waals surface area contributed by atoms with E-state index in [0.717, 1.165) is 43.3 Å². The second-order valence-electron chi connectivity index (χ2n) is 12.1. The van der Waals surface area contributed by atoms with Crippen LogP contribution in [0.1, 0.15) is 115 Å². The highest BCUT2D eigenvalue weighted by Crippen LogP contribution is 2.34. The van der Waals surface area contributed by atoms with E-state index in [-0.39, 0.29) is 17.4 Å². The van der Waals surface area contributed by atoms with Crippen LogP contribution in [-0.2, 0) is 19.1 Å². The van der Waals surface area contributed by atoms with Gasteiger partial charge in [-0.2, -0.15) is 0 Å². The van der Waals surface area contributed by atoms with E-state index in [9.17, 15) is 9.59 Å². The molecule has 0 aromatic heterocycles. The smallest absolute Gasteiger partial charge is 0.306 e. The predicted molar refractivity (Wildman–Crippen MR) is 137 cm³/mol. The predicted octanol–water partition coefficient (Wildman–Crippen LogP) is 7.73. The molecule has 32 heavy (non-hydrogen) atoms. The van der Waals surface area contributed by atoms with Crippen LogP contribution in [-0.4, -0.2) is 30.6 Å². The summed E-state index contributed by atoms with van der Waals surface area (Å²) in [5.74, 6) is 4.84. The average Bonchev–Trinajstić information content (AvgIpc) is 3.25. The summed E-state index contributed by atoms with van der Waals surface area (Å²) in [6, 6.07) is 0. The lowest BCUT2D eigenvalue weighted by Gasteiger charge is -2.29. The van der Waals surface area contributed by atoms with E-state index in [0.29, 0.717) is 18.3 Å². The number of ether oxygens (including phenoxy) is 2. The number of hydrogen-bond acceptors (Lipinski definition) is 4. The summed E-state index contributed by atoms with van der Waals surface area (Å²) < 4.78 is 10.1. The van der Waals surface area contributed by atoms with Crippen LogP contribution in [0.25, 0.3) is 0 Å². The van der Waals surface area contributed by atoms with Gasteiger partial charge in [-0.15, -0.1) is 0 Å². The molecule has 0 N–H and O–H groups in total. The summed E-state index contributed by atoms with van der Waals surface area (Å²) in [6.45, 7) is 26.4. The topological polar surface area (TPSA) is 52.6 Å². The lowest BCUT2D eigenvalue weighted by Crippen LogP contribution is -2.31. The first-order valence-corrected chi connectivity index (χ1v) is 12.8. The molecule has 0 radical (unpaired) electrons. The highest BCUT2D eigenvalue weighted by molar-refractivity contribution is 5.75. The lowest BCUT2D eigenvalue weighted by molar-refractivity contribution is -0.155. The second-order valence-corrected chi connectivity index (χ2v) is 12.1. The third kappa shape index (κ3) is 27.1. The molecule has 1 saturated heterocycles. The van der Waals surface area contributed by atoms with Gasteiger partial charge in [-0.05, 0) is 63.7 Å². The van der Waals surface area contributed by atoms with Gasteiger partial charge in [0.1, 0.15) is 11.4 Å². The van der Waals surface area contributed by atoms with E-state index < -0.39 is 0 Å². The van der Waals surface area contributed by atoms with Gasteiger partial charge in [0.25, 0.3) is 0 Å². The maximum atomic E-state index is 11.0. The summed E-state index contributed by atoms with van der Waals surface area (Å²) in [7, 11) is 0. The van der Waals surface area contributed by atoms with Crippen molar-refractivity contribution in [3.63, 3.8) is 0 Å². The van der Waals surface area contributed by atoms with Gasteiger partial charge in [0.05, 0.1) is 13.2 Å². The van der Waals surface area contributed by atoms with Gasteiger partial charge in [0.15, 0.2) is 0 Å². The van der Waals surface area contributed by atoms with E-state index in [1.54, 1.807) is 6.92 Å². The van der Waals surface area contributed by atoms with Gasteiger partial charge in [0.2, 0.25) is 0 Å². The number of rotatable bonds is 7. The number of carbonyl (C=O) groups excluding carboxylic acids is 2. The van der Waals surface area contributed by atoms with Crippen LogP contribution in [0.2, 0.25) is 0 Å². The quantitative estimate of drug-likeness (QED) is 0.368. The summed E-state index contributed by atoms with van der Waals surface area (Å²) in [6.07, 6.45) is 5.73. The van der Waals surface area contributed by atoms with Crippen molar-refractivity contribution in [1.29, 1.82) is 0 Å². The fourth-order valence-electron chi connectivity index (χ4n) is 2.95. The Balaban J connectivity index is 0. The maximum Gasteiger partial charge on any atom is 0.306 e. The Morgan fingerprint density at radius 1 is 0.844 bits per heavy atom. The Bertz CT molecular complexity index is 478. The van der Waals surface area contributed by atoms with Crippen LogP contribution in [0.4, 0.5) is 0 Å². The molecular formula is C28H56O4. The molecule has 2 rings (SSSR count). The zero-order valence-corrected chi connectivity index (χ0v) is 23.5. The largest absolute Gasteiger partial charge is 0.460 e. The highest BCUT2D eigenvalue weighted by Gasteiger charge is 2.21. The lowest BCUT2D eigenvalue weighted by atomic mass is 9.95. The highest BCUT2D eigenvalue weighted by atomic mass is 16.6. The Morgan fingerprint density at radius 2 is 1.31 bits per heavy atom. The molecular weight excluding hydrogens is 400 g/mol. The zero-order chi connectivity index (χ0) is 25.5. The van der Waals surface area contributed by atoms with Crippen molar-refractivity contribution < 1.29 is 19.1 Å². The Hall–Kier alpha value is -0.900. The van der Waals surface area contributed by atoms with Crippen molar-refractivity contribution in [3.05, 3.63) is 0 Å². The molecule has 4 nitrogen and oxygen atoms in total. The Morgan fingerprint density at radius 3 is 1.44 bits per heavy atom. The summed E-state index contributed by atoms with van der Waals surface area (Å²) >= 11 is 0. The van der Waals surface area contributed by atoms with Crippen molar-refractivity contribution >= 4 is 11.8 Å². The first-order valence-electron chi connectivity index (χ1n) is 12.8. The van der Waals surface area contributed by atoms with Crippen molar-refractivity contribution in [2.45, 2.75) is 121 Å². The number of esters is 1. The minimum Gasteiger partial charge on any atom is -0.460 e. The van der Waals surface area contributed by atoms with Crippen molar-refractivity contribution in [2.24, 2.45) is 35.5 Å². The second kappa shape index (κ2) is 17.6. The number of Topliss-reactive ketones (excluding diaryl/α,β-unsaturated/α-hetero) is 1. The minimum absolute atomic E-state index is 0.104. The molecule has 2 aliphatic rings. The molecule has 0 bridgehead atoms. The normalized spacial score (nSPS) is 15.8. The number of ketones is 1. The van der Waals surface area contributed by atoms with E-state index >= 15 is 0 Å². The van der Waals surface area contributed by atoms with Crippen LogP contribution in [0.15, 0.2) is 0 Å². The summed E-state index contributed by atoms with van der Waals surface area (Å²) in [5, 5.41) is 0. The van der Waals surface area contributed by atoms with Crippen molar-refractivity contribution in [1.82, 2.24) is 0 Å². The third-order valence-corrected chi connectivity index (χ3v) is 4.80. The molecule has 192 valence electrons. The summed E-state index contributed by atoms with van der Waals surface area (Å²) in [5.41, 5.74) is -0.341. The molecule has 0 aromatic rings. The Labute approximate surface area is 200 Å². The van der Waals surface area contributed by atoms with Crippen molar-refractivity contribution in [3.8, 4) is 0 Å². The van der Waals surface area contributed by atoms with E-state index in [4.69, 9.17) is 9.47 Å². The SMILES string of the molecule is CC(=O)CC(C)C.CC(C)C1COC1.CC(C)CC(=O)OC(C)(C)C.CC(C)CC1CC1. The van der Waals surface area contributed by atoms with E-state index in [1.807, 2.05) is 48.5 Å². The van der Waals surface area contributed by atoms with Crippen LogP contribution >= 0.6 is 0 Å². The van der Waals surface area contributed by atoms with Gasteiger partial charge in [-0.3, -0.25) is 4.79 Å². The van der Waals surface area contributed by atoms with Crippen LogP contribution in [0, 0.1) is 35.5 Å². The molecule has 0 unspecified atom stereocenters. The van der Waals surface area contributed by atoms with Gasteiger partial charge in [-0.25, -0.2) is 0 Å². The molecule has 2 fully saturated rings. The standard InChI is InChI=1S/C9H18O2.C7H14.2C6H12O/c1-7(2)6-8(10)11-9(3,4)5;1-6(2)5-7-3-4-7;1-5(2)6-3-7-4-6;1-5(2)4-6(3)7/h7H,6H2,1-5H3;6-7H,3-5H2,1-2H3;5-6H,3-4H2,1-2H3;5H,4H2,1-3H3. The van der Waals surface area contributed by atoms with Gasteiger partial charge < -0.3 is 14.3 Å². The molecule has 0 spiro atoms. The van der Waals surface area contributed by atoms with E-state index in [1.165, 1.54) is 19.3 Å². The molecule has 1 saturated carbocycles. The van der Waals surface area contributed by atoms with Gasteiger partial charge in [-0.1, -0.05) is 68.2 Å². The number of carbonyl (C=O) groups is 2. The molecule has 1 aliphatic heterocycles. The molecule has 0 aromatic carbocycles. The van der Waals surface area contributed by atoms with Gasteiger partial charge >= 0.3 is 5.97 Å². The fourth-order valence-corrected chi connectivity index (χ4v) is 2.95. The molecule has 1 heterocycles. The molecule has 0 atom stereocenters. The first kappa shape index (κ1) is 33.3. The van der Waals surface area contributed by atoms with Crippen LogP contribution < -0.4 is 0 Å². The summed E-state index contributed by atoms with van der Waals surface area (Å²) in [4.78, 5) is 21.3. The molecule has 1 aliphatic carbocycles. The minimum atomic E-state index is -0.341. The Kier molecular flexibility index (Phi) is 18.3. The molecule has 0 amide bonds. The van der Waals surface area contributed by atoms with Gasteiger partial charge in [0, 0.05) is 18.8 Å². The number of hydrogen-bond donors (Lipinski definition) is 0. The monoisotopic (exact) mass is 456 g/mol. The first-order chi connectivity index (χ1) is 14.5.